The van der Waals surface area contributed by atoms with Crippen molar-refractivity contribution in [3.63, 3.8) is 0 Å². The van der Waals surface area contributed by atoms with Crippen LogP contribution in [0.15, 0.2) is 24.4 Å². The van der Waals surface area contributed by atoms with E-state index >= 15 is 0 Å². The third-order valence-corrected chi connectivity index (χ3v) is 7.54. The van der Waals surface area contributed by atoms with Crippen LogP contribution in [0, 0.1) is 12.8 Å². The van der Waals surface area contributed by atoms with Gasteiger partial charge in [0.1, 0.15) is 16.4 Å². The fraction of sp³-hybridized carbons (Fsp3) is 0.550. The Morgan fingerprint density at radius 2 is 2.12 bits per heavy atom. The lowest BCUT2D eigenvalue weighted by Crippen LogP contribution is -2.56. The first-order valence-corrected chi connectivity index (χ1v) is 9.86. The molecule has 25 heavy (non-hydrogen) atoms. The van der Waals surface area contributed by atoms with Gasteiger partial charge in [-0.3, -0.25) is 0 Å². The van der Waals surface area contributed by atoms with E-state index in [1.54, 1.807) is 12.3 Å². The van der Waals surface area contributed by atoms with Gasteiger partial charge >= 0.3 is 0 Å². The average Bonchev–Trinajstić information content (AvgIpc) is 3.03. The fourth-order valence-corrected chi connectivity index (χ4v) is 6.02. The lowest BCUT2D eigenvalue weighted by molar-refractivity contribution is -0.146. The van der Waals surface area contributed by atoms with Gasteiger partial charge in [0.05, 0.1) is 6.10 Å². The smallest absolute Gasteiger partial charge is 0.142 e. The number of rotatable bonds is 2. The van der Waals surface area contributed by atoms with E-state index in [0.717, 1.165) is 24.1 Å². The summed E-state index contributed by atoms with van der Waals surface area (Å²) in [5, 5.41) is 32.8. The zero-order valence-electron chi connectivity index (χ0n) is 14.7. The molecule has 0 radical (unpaired) electrons. The number of phenolic OH excluding ortho intramolecular Hbond substituents is 1. The summed E-state index contributed by atoms with van der Waals surface area (Å²) >= 11 is 1.48. The molecule has 0 saturated heterocycles. The van der Waals surface area contributed by atoms with E-state index in [4.69, 9.17) is 0 Å². The van der Waals surface area contributed by atoms with Crippen LogP contribution in [0.25, 0.3) is 0 Å². The number of aryl methyl sites for hydroxylation is 2. The fourth-order valence-electron chi connectivity index (χ4n) is 5.11. The molecular weight excluding hydrogens is 334 g/mol. The normalized spacial score (nSPS) is 34.4. The van der Waals surface area contributed by atoms with Gasteiger partial charge in [-0.15, -0.1) is 11.3 Å². The van der Waals surface area contributed by atoms with Crippen LogP contribution < -0.4 is 0 Å². The number of benzene rings is 1. The van der Waals surface area contributed by atoms with Gasteiger partial charge in [0.25, 0.3) is 0 Å². The van der Waals surface area contributed by atoms with Gasteiger partial charge in [0.2, 0.25) is 0 Å². The molecule has 2 aliphatic carbocycles. The second-order valence-electron chi connectivity index (χ2n) is 7.71. The summed E-state index contributed by atoms with van der Waals surface area (Å²) in [6, 6.07) is 5.63. The molecule has 1 aromatic carbocycles. The summed E-state index contributed by atoms with van der Waals surface area (Å²) in [6.45, 7) is 4.14. The first-order valence-electron chi connectivity index (χ1n) is 9.05. The second kappa shape index (κ2) is 5.79. The molecule has 1 fully saturated rings. The number of aliphatic hydroxyl groups excluding tert-OH is 1. The lowest BCUT2D eigenvalue weighted by Gasteiger charge is -2.54. The number of hydrogen-bond donors (Lipinski definition) is 3. The molecule has 4 nitrogen and oxygen atoms in total. The molecule has 134 valence electrons. The third kappa shape index (κ3) is 2.44. The summed E-state index contributed by atoms with van der Waals surface area (Å²) in [6.07, 6.45) is 4.78. The van der Waals surface area contributed by atoms with E-state index in [-0.39, 0.29) is 5.41 Å². The molecule has 2 aromatic rings. The summed E-state index contributed by atoms with van der Waals surface area (Å²) in [5.41, 5.74) is 1.02. The van der Waals surface area contributed by atoms with Crippen molar-refractivity contribution < 1.29 is 15.3 Å². The van der Waals surface area contributed by atoms with Crippen LogP contribution in [0.3, 0.4) is 0 Å². The van der Waals surface area contributed by atoms with Crippen molar-refractivity contribution in [2.45, 2.75) is 63.1 Å². The number of hydrogen-bond acceptors (Lipinski definition) is 5. The number of aliphatic hydroxyl groups is 2. The molecule has 0 aliphatic heterocycles. The van der Waals surface area contributed by atoms with Crippen LogP contribution in [0.2, 0.25) is 0 Å². The van der Waals surface area contributed by atoms with Gasteiger partial charge in [0, 0.05) is 16.5 Å². The van der Waals surface area contributed by atoms with Crippen molar-refractivity contribution in [1.29, 1.82) is 0 Å². The minimum Gasteiger partial charge on any atom is -0.508 e. The maximum Gasteiger partial charge on any atom is 0.142 e. The molecular formula is C20H25NO3S. The van der Waals surface area contributed by atoms with Crippen molar-refractivity contribution in [2.75, 3.05) is 0 Å². The van der Waals surface area contributed by atoms with E-state index in [9.17, 15) is 15.3 Å². The molecule has 0 bridgehead atoms. The number of thiazole rings is 1. The minimum absolute atomic E-state index is 0.140. The zero-order valence-corrected chi connectivity index (χ0v) is 15.5. The quantitative estimate of drug-likeness (QED) is 0.768. The van der Waals surface area contributed by atoms with E-state index in [0.29, 0.717) is 29.5 Å². The largest absolute Gasteiger partial charge is 0.508 e. The summed E-state index contributed by atoms with van der Waals surface area (Å²) in [7, 11) is 0. The molecule has 2 aliphatic rings. The molecule has 1 saturated carbocycles. The molecule has 0 spiro atoms. The SMILES string of the molecule is CCC12CC(O)C(O)(c3ncc(C)s3)C[C@H]1CCc1cc(O)ccc12. The van der Waals surface area contributed by atoms with Crippen LogP contribution in [-0.2, 0) is 17.4 Å². The molecule has 1 heterocycles. The minimum atomic E-state index is -1.25. The average molecular weight is 359 g/mol. The summed E-state index contributed by atoms with van der Waals surface area (Å²) < 4.78 is 0. The molecule has 4 rings (SSSR count). The van der Waals surface area contributed by atoms with Crippen LogP contribution in [-0.4, -0.2) is 26.4 Å². The van der Waals surface area contributed by atoms with Gasteiger partial charge in [-0.25, -0.2) is 4.98 Å². The molecule has 3 unspecified atom stereocenters. The Labute approximate surface area is 152 Å². The van der Waals surface area contributed by atoms with Crippen LogP contribution in [0.5, 0.6) is 5.75 Å². The Hall–Kier alpha value is -1.43. The van der Waals surface area contributed by atoms with Crippen LogP contribution in [0.4, 0.5) is 0 Å². The Morgan fingerprint density at radius 1 is 1.32 bits per heavy atom. The highest BCUT2D eigenvalue weighted by Gasteiger charge is 2.56. The first kappa shape index (κ1) is 17.0. The van der Waals surface area contributed by atoms with Crippen molar-refractivity contribution in [2.24, 2.45) is 5.92 Å². The first-order chi connectivity index (χ1) is 11.9. The summed E-state index contributed by atoms with van der Waals surface area (Å²) in [5.74, 6) is 0.599. The van der Waals surface area contributed by atoms with Crippen molar-refractivity contribution in [1.82, 2.24) is 4.98 Å². The third-order valence-electron chi connectivity index (χ3n) is 6.46. The van der Waals surface area contributed by atoms with Crippen molar-refractivity contribution in [3.8, 4) is 5.75 Å². The Kier molecular flexibility index (Phi) is 3.94. The molecule has 5 heteroatoms. The Morgan fingerprint density at radius 3 is 2.80 bits per heavy atom. The van der Waals surface area contributed by atoms with E-state index < -0.39 is 11.7 Å². The number of aromatic hydroxyl groups is 1. The van der Waals surface area contributed by atoms with Crippen molar-refractivity contribution in [3.05, 3.63) is 45.4 Å². The number of fused-ring (bicyclic) bond motifs is 3. The highest BCUT2D eigenvalue weighted by molar-refractivity contribution is 7.11. The van der Waals surface area contributed by atoms with E-state index in [2.05, 4.69) is 11.9 Å². The number of nitrogens with zero attached hydrogens (tertiary/aromatic N) is 1. The van der Waals surface area contributed by atoms with Gasteiger partial charge in [-0.1, -0.05) is 13.0 Å². The van der Waals surface area contributed by atoms with E-state index in [1.165, 1.54) is 22.5 Å². The van der Waals surface area contributed by atoms with Gasteiger partial charge in [-0.05, 0) is 68.2 Å². The predicted molar refractivity (Wildman–Crippen MR) is 97.9 cm³/mol. The number of aromatic nitrogens is 1. The standard InChI is InChI=1S/C20H25NO3S/c1-3-19-10-17(23)20(24,18-21-11-12(2)25-18)9-14(19)5-4-13-8-15(22)6-7-16(13)19/h6-8,11,14,17,22-24H,3-5,9-10H2,1-2H3/t14-,17?,19?,20?/m1/s1. The predicted octanol–water partition coefficient (Wildman–Crippen LogP) is 3.41. The van der Waals surface area contributed by atoms with E-state index in [1.807, 2.05) is 19.1 Å². The molecule has 0 amide bonds. The van der Waals surface area contributed by atoms with Crippen molar-refractivity contribution >= 4 is 11.3 Å². The maximum atomic E-state index is 11.3. The monoisotopic (exact) mass is 359 g/mol. The summed E-state index contributed by atoms with van der Waals surface area (Å²) in [4.78, 5) is 5.43. The highest BCUT2D eigenvalue weighted by Crippen LogP contribution is 2.57. The maximum absolute atomic E-state index is 11.3. The zero-order chi connectivity index (χ0) is 17.8. The molecule has 1 aromatic heterocycles. The van der Waals surface area contributed by atoms with Gasteiger partial charge in [-0.2, -0.15) is 0 Å². The topological polar surface area (TPSA) is 73.6 Å². The number of phenols is 1. The molecule has 3 N–H and O–H groups in total. The highest BCUT2D eigenvalue weighted by atomic mass is 32.1. The van der Waals surface area contributed by atoms with Crippen LogP contribution in [0.1, 0.15) is 53.6 Å². The van der Waals surface area contributed by atoms with Crippen LogP contribution >= 0.6 is 11.3 Å². The Balaban J connectivity index is 1.77. The second-order valence-corrected chi connectivity index (χ2v) is 8.95. The Bertz CT molecular complexity index is 804. The van der Waals surface area contributed by atoms with Gasteiger partial charge < -0.3 is 15.3 Å². The molecule has 4 atom stereocenters. The lowest BCUT2D eigenvalue weighted by atomic mass is 9.52. The van der Waals surface area contributed by atoms with Gasteiger partial charge in [0.15, 0.2) is 0 Å².